The number of carbonyl (C=O) groups is 2. The van der Waals surface area contributed by atoms with Gasteiger partial charge in [0.25, 0.3) is 0 Å². The zero-order valence-corrected chi connectivity index (χ0v) is 22.8. The average Bonchev–Trinajstić information content (AvgIpc) is 3.19. The predicted octanol–water partition coefficient (Wildman–Crippen LogP) is 2.93. The fourth-order valence-electron chi connectivity index (χ4n) is 4.96. The minimum Gasteiger partial charge on any atom is -0.493 e. The lowest BCUT2D eigenvalue weighted by molar-refractivity contribution is -0.120. The van der Waals surface area contributed by atoms with Crippen molar-refractivity contribution in [3.63, 3.8) is 0 Å². The van der Waals surface area contributed by atoms with Crippen LogP contribution >= 0.6 is 0 Å². The second kappa shape index (κ2) is 11.9. The first-order chi connectivity index (χ1) is 18.8. The minimum atomic E-state index is -0.409. The van der Waals surface area contributed by atoms with E-state index in [1.807, 2.05) is 42.1 Å². The van der Waals surface area contributed by atoms with E-state index < -0.39 is 6.04 Å². The molecular formula is C29H34N4O6. The van der Waals surface area contributed by atoms with Crippen molar-refractivity contribution in [1.82, 2.24) is 15.2 Å². The number of anilines is 1. The molecule has 0 saturated carbocycles. The Morgan fingerprint density at radius 1 is 1.05 bits per heavy atom. The maximum Gasteiger partial charge on any atom is 0.239 e. The van der Waals surface area contributed by atoms with Gasteiger partial charge in [0.2, 0.25) is 23.0 Å². The molecule has 39 heavy (non-hydrogen) atoms. The van der Waals surface area contributed by atoms with E-state index in [0.717, 1.165) is 22.4 Å². The van der Waals surface area contributed by atoms with Gasteiger partial charge < -0.3 is 34.7 Å². The van der Waals surface area contributed by atoms with Gasteiger partial charge in [-0.1, -0.05) is 6.07 Å². The van der Waals surface area contributed by atoms with Gasteiger partial charge in [-0.25, -0.2) is 0 Å². The fourth-order valence-corrected chi connectivity index (χ4v) is 4.96. The summed E-state index contributed by atoms with van der Waals surface area (Å²) in [5.74, 6) is 0.991. The van der Waals surface area contributed by atoms with Crippen molar-refractivity contribution in [1.29, 1.82) is 0 Å². The Labute approximate surface area is 227 Å². The van der Waals surface area contributed by atoms with Gasteiger partial charge in [0.15, 0.2) is 11.5 Å². The van der Waals surface area contributed by atoms with Crippen LogP contribution in [0, 0.1) is 0 Å². The van der Waals surface area contributed by atoms with E-state index in [1.165, 1.54) is 20.1 Å². The van der Waals surface area contributed by atoms with E-state index in [-0.39, 0.29) is 29.5 Å². The van der Waals surface area contributed by atoms with Crippen LogP contribution in [0.1, 0.15) is 36.2 Å². The predicted molar refractivity (Wildman–Crippen MR) is 148 cm³/mol. The van der Waals surface area contributed by atoms with Crippen LogP contribution in [-0.4, -0.2) is 44.3 Å². The number of hydrogen-bond acceptors (Lipinski definition) is 7. The molecule has 0 bridgehead atoms. The average molecular weight is 535 g/mol. The van der Waals surface area contributed by atoms with Crippen molar-refractivity contribution in [2.45, 2.75) is 32.4 Å². The molecule has 1 aliphatic carbocycles. The first kappa shape index (κ1) is 27.6. The van der Waals surface area contributed by atoms with E-state index in [9.17, 15) is 14.4 Å². The highest BCUT2D eigenvalue weighted by Crippen LogP contribution is 2.50. The van der Waals surface area contributed by atoms with Gasteiger partial charge in [-0.2, -0.15) is 0 Å². The Bertz CT molecular complexity index is 1450. The summed E-state index contributed by atoms with van der Waals surface area (Å²) in [6.07, 6.45) is 3.08. The molecule has 0 aliphatic heterocycles. The number of methoxy groups -OCH3 is 3. The zero-order valence-electron chi connectivity index (χ0n) is 22.8. The summed E-state index contributed by atoms with van der Waals surface area (Å²) < 4.78 is 18.9. The molecule has 1 atom stereocenters. The number of carbonyl (C=O) groups excluding carboxylic acids is 2. The number of rotatable bonds is 9. The van der Waals surface area contributed by atoms with Gasteiger partial charge >= 0.3 is 0 Å². The van der Waals surface area contributed by atoms with Gasteiger partial charge in [0.05, 0.1) is 46.1 Å². The Kier molecular flexibility index (Phi) is 8.43. The van der Waals surface area contributed by atoms with Gasteiger partial charge in [-0.15, -0.1) is 0 Å². The molecule has 1 aromatic heterocycles. The molecular weight excluding hydrogens is 500 g/mol. The maximum atomic E-state index is 13.3. The molecule has 0 saturated heterocycles. The highest BCUT2D eigenvalue weighted by molar-refractivity contribution is 5.84. The number of ether oxygens (including phenoxy) is 3. The maximum absolute atomic E-state index is 13.3. The van der Waals surface area contributed by atoms with E-state index >= 15 is 0 Å². The molecule has 0 radical (unpaired) electrons. The zero-order chi connectivity index (χ0) is 28.1. The van der Waals surface area contributed by atoms with Crippen molar-refractivity contribution >= 4 is 17.5 Å². The SMILES string of the molecule is COc1cc2c(c(OC)c1OC)-c1ccc(NCC(=O)NCc3cccn3C)c(=O)cc1[C@H](NC(C)=O)CC2. The molecule has 10 heteroatoms. The van der Waals surface area contributed by atoms with Crippen LogP contribution in [0.2, 0.25) is 0 Å². The number of nitrogens with one attached hydrogen (secondary N) is 3. The molecule has 2 amide bonds. The summed E-state index contributed by atoms with van der Waals surface area (Å²) >= 11 is 0. The van der Waals surface area contributed by atoms with E-state index in [4.69, 9.17) is 14.2 Å². The lowest BCUT2D eigenvalue weighted by Crippen LogP contribution is -2.31. The summed E-state index contributed by atoms with van der Waals surface area (Å²) in [4.78, 5) is 37.9. The summed E-state index contributed by atoms with van der Waals surface area (Å²) in [6.45, 7) is 1.76. The quantitative estimate of drug-likeness (QED) is 0.386. The summed E-state index contributed by atoms with van der Waals surface area (Å²) in [7, 11) is 6.56. The molecule has 1 heterocycles. The fraction of sp³-hybridized carbons (Fsp3) is 0.345. The van der Waals surface area contributed by atoms with Crippen LogP contribution in [-0.2, 0) is 29.6 Å². The van der Waals surface area contributed by atoms with Crippen LogP contribution in [0.5, 0.6) is 17.2 Å². The normalized spacial score (nSPS) is 13.8. The van der Waals surface area contributed by atoms with Gasteiger partial charge in [-0.3, -0.25) is 14.4 Å². The molecule has 4 rings (SSSR count). The molecule has 0 unspecified atom stereocenters. The Morgan fingerprint density at radius 3 is 2.46 bits per heavy atom. The van der Waals surface area contributed by atoms with Crippen molar-refractivity contribution in [2.24, 2.45) is 7.05 Å². The summed E-state index contributed by atoms with van der Waals surface area (Å²) in [6, 6.07) is 10.3. The summed E-state index contributed by atoms with van der Waals surface area (Å²) in [5.41, 5.74) is 4.00. The summed E-state index contributed by atoms with van der Waals surface area (Å²) in [5, 5.41) is 8.81. The lowest BCUT2D eigenvalue weighted by atomic mass is 9.95. The topological polar surface area (TPSA) is 120 Å². The molecule has 3 N–H and O–H groups in total. The standard InChI is InChI=1S/C29H34N4O6/c1-17(34)32-22-10-8-18-13-25(37-3)28(38-4)29(39-5)27(18)20-9-11-23(24(35)14-21(20)22)30-16-26(36)31-15-19-7-6-12-33(19)2/h6-7,9,11-14,22H,8,10,15-16H2,1-5H3,(H,30,35)(H,31,36)(H,32,34)/t22-/m1/s1. The van der Waals surface area contributed by atoms with E-state index in [2.05, 4.69) is 16.0 Å². The molecule has 3 aromatic rings. The smallest absolute Gasteiger partial charge is 0.239 e. The highest BCUT2D eigenvalue weighted by Gasteiger charge is 2.29. The number of nitrogens with zero attached hydrogens (tertiary/aromatic N) is 1. The second-order valence-corrected chi connectivity index (χ2v) is 9.34. The number of aryl methyl sites for hydroxylation is 2. The van der Waals surface area contributed by atoms with Crippen molar-refractivity contribution < 1.29 is 23.8 Å². The van der Waals surface area contributed by atoms with Crippen molar-refractivity contribution in [3.8, 4) is 28.4 Å². The number of aromatic nitrogens is 1. The molecule has 2 aromatic carbocycles. The number of amides is 2. The first-order valence-electron chi connectivity index (χ1n) is 12.7. The van der Waals surface area contributed by atoms with E-state index in [0.29, 0.717) is 42.2 Å². The van der Waals surface area contributed by atoms with Crippen LogP contribution in [0.4, 0.5) is 5.69 Å². The molecule has 206 valence electrons. The third kappa shape index (κ3) is 5.84. The highest BCUT2D eigenvalue weighted by atomic mass is 16.5. The third-order valence-electron chi connectivity index (χ3n) is 6.87. The van der Waals surface area contributed by atoms with Crippen LogP contribution in [0.25, 0.3) is 11.1 Å². The van der Waals surface area contributed by atoms with Crippen molar-refractivity contribution in [2.75, 3.05) is 33.2 Å². The number of fused-ring (bicyclic) bond motifs is 3. The van der Waals surface area contributed by atoms with Crippen LogP contribution in [0.15, 0.2) is 47.4 Å². The van der Waals surface area contributed by atoms with Gasteiger partial charge in [0.1, 0.15) is 0 Å². The minimum absolute atomic E-state index is 0.0750. The molecule has 1 aliphatic rings. The van der Waals surface area contributed by atoms with Gasteiger partial charge in [-0.05, 0) is 59.9 Å². The Balaban J connectivity index is 1.73. The Morgan fingerprint density at radius 2 is 1.82 bits per heavy atom. The second-order valence-electron chi connectivity index (χ2n) is 9.34. The van der Waals surface area contributed by atoms with Crippen LogP contribution < -0.4 is 35.6 Å². The van der Waals surface area contributed by atoms with E-state index in [1.54, 1.807) is 20.3 Å². The van der Waals surface area contributed by atoms with Gasteiger partial charge in [0, 0.05) is 31.4 Å². The number of benzene rings is 1. The third-order valence-corrected chi connectivity index (χ3v) is 6.87. The molecule has 10 nitrogen and oxygen atoms in total. The van der Waals surface area contributed by atoms with Crippen molar-refractivity contribution in [3.05, 3.63) is 69.6 Å². The largest absolute Gasteiger partial charge is 0.493 e. The molecule has 0 fully saturated rings. The van der Waals surface area contributed by atoms with Crippen LogP contribution in [0.3, 0.4) is 0 Å². The number of hydrogen-bond donors (Lipinski definition) is 3. The lowest BCUT2D eigenvalue weighted by Gasteiger charge is -2.19. The monoisotopic (exact) mass is 534 g/mol. The molecule has 0 spiro atoms. The first-order valence-corrected chi connectivity index (χ1v) is 12.7. The Hall–Kier alpha value is -4.47.